The maximum absolute atomic E-state index is 12.1. The second-order valence-corrected chi connectivity index (χ2v) is 5.37. The van der Waals surface area contributed by atoms with Gasteiger partial charge >= 0.3 is 0 Å². The molecule has 7 heteroatoms. The number of nitrogens with one attached hydrogen (secondary N) is 1. The van der Waals surface area contributed by atoms with Gasteiger partial charge in [-0.25, -0.2) is 4.98 Å². The highest BCUT2D eigenvalue weighted by atomic mass is 35.5. The highest BCUT2D eigenvalue weighted by Gasteiger charge is 2.17. The third-order valence-electron chi connectivity index (χ3n) is 2.58. The molecule has 0 radical (unpaired) electrons. The van der Waals surface area contributed by atoms with Crippen LogP contribution in [0.25, 0.3) is 0 Å². The van der Waals surface area contributed by atoms with Crippen molar-refractivity contribution in [2.45, 2.75) is 13.0 Å². The Morgan fingerprint density at radius 3 is 2.76 bits per heavy atom. The average Bonchev–Trinajstić information content (AvgIpc) is 2.45. The minimum absolute atomic E-state index is 0.207. The largest absolute Gasteiger partial charge is 0.479 e. The van der Waals surface area contributed by atoms with Gasteiger partial charge in [0.2, 0.25) is 0 Å². The van der Waals surface area contributed by atoms with Gasteiger partial charge in [-0.2, -0.15) is 0 Å². The van der Waals surface area contributed by atoms with Gasteiger partial charge in [0.1, 0.15) is 5.75 Å². The Bertz CT molecular complexity index is 664. The first-order valence-electron chi connectivity index (χ1n) is 6.00. The molecule has 1 aromatic carbocycles. The van der Waals surface area contributed by atoms with Crippen molar-refractivity contribution in [2.75, 3.05) is 5.32 Å². The van der Waals surface area contributed by atoms with E-state index in [2.05, 4.69) is 10.3 Å². The molecule has 0 saturated carbocycles. The molecule has 21 heavy (non-hydrogen) atoms. The van der Waals surface area contributed by atoms with E-state index in [4.69, 9.17) is 39.5 Å². The molecular formula is C14H11Cl3N2O2. The molecule has 0 fully saturated rings. The normalized spacial score (nSPS) is 11.8. The summed E-state index contributed by atoms with van der Waals surface area (Å²) in [5.41, 5.74) is 0.414. The molecule has 1 heterocycles. The van der Waals surface area contributed by atoms with Gasteiger partial charge in [-0.05, 0) is 31.2 Å². The molecule has 1 atom stereocenters. The van der Waals surface area contributed by atoms with E-state index in [1.54, 1.807) is 37.3 Å². The number of aromatic nitrogens is 1. The molecule has 0 aliphatic heterocycles. The van der Waals surface area contributed by atoms with Crippen LogP contribution in [0, 0.1) is 0 Å². The quantitative estimate of drug-likeness (QED) is 0.833. The van der Waals surface area contributed by atoms with Gasteiger partial charge in [-0.15, -0.1) is 0 Å². The Kier molecular flexibility index (Phi) is 5.28. The first-order valence-corrected chi connectivity index (χ1v) is 7.14. The molecule has 110 valence electrons. The molecule has 2 rings (SSSR count). The van der Waals surface area contributed by atoms with Crippen molar-refractivity contribution >= 4 is 46.4 Å². The van der Waals surface area contributed by atoms with E-state index in [0.717, 1.165) is 0 Å². The standard InChI is InChI=1S/C14H11Cl3N2O2/c1-8(21-12-7-9(15)4-5-10(12)16)14(20)19-11-3-2-6-18-13(11)17/h2-8H,1H3,(H,19,20)/t8-/m0/s1. The number of hydrogen-bond acceptors (Lipinski definition) is 3. The molecule has 1 amide bonds. The van der Waals surface area contributed by atoms with Crippen LogP contribution in [-0.2, 0) is 4.79 Å². The van der Waals surface area contributed by atoms with Crippen LogP contribution in [-0.4, -0.2) is 17.0 Å². The minimum atomic E-state index is -0.780. The lowest BCUT2D eigenvalue weighted by Gasteiger charge is -2.16. The monoisotopic (exact) mass is 344 g/mol. The van der Waals surface area contributed by atoms with E-state index >= 15 is 0 Å². The number of carbonyl (C=O) groups excluding carboxylic acids is 1. The lowest BCUT2D eigenvalue weighted by Crippen LogP contribution is -2.30. The number of rotatable bonds is 4. The zero-order chi connectivity index (χ0) is 15.4. The van der Waals surface area contributed by atoms with Crippen LogP contribution in [0.1, 0.15) is 6.92 Å². The van der Waals surface area contributed by atoms with Gasteiger partial charge in [-0.1, -0.05) is 34.8 Å². The Morgan fingerprint density at radius 1 is 1.29 bits per heavy atom. The lowest BCUT2D eigenvalue weighted by molar-refractivity contribution is -0.122. The van der Waals surface area contributed by atoms with Gasteiger partial charge < -0.3 is 10.1 Å². The summed E-state index contributed by atoms with van der Waals surface area (Å²) >= 11 is 17.7. The van der Waals surface area contributed by atoms with Crippen molar-refractivity contribution in [3.63, 3.8) is 0 Å². The average molecular weight is 346 g/mol. The van der Waals surface area contributed by atoms with E-state index in [-0.39, 0.29) is 11.1 Å². The minimum Gasteiger partial charge on any atom is -0.479 e. The van der Waals surface area contributed by atoms with Gasteiger partial charge in [0.05, 0.1) is 10.7 Å². The van der Waals surface area contributed by atoms with Crippen LogP contribution in [0.2, 0.25) is 15.2 Å². The van der Waals surface area contributed by atoms with Crippen LogP contribution in [0.15, 0.2) is 36.5 Å². The first-order chi connectivity index (χ1) is 9.97. The summed E-state index contributed by atoms with van der Waals surface area (Å²) in [4.78, 5) is 15.9. The number of hydrogen-bond donors (Lipinski definition) is 1. The number of amides is 1. The molecular weight excluding hydrogens is 335 g/mol. The van der Waals surface area contributed by atoms with Gasteiger partial charge in [0, 0.05) is 17.3 Å². The Morgan fingerprint density at radius 2 is 2.05 bits per heavy atom. The van der Waals surface area contributed by atoms with Gasteiger partial charge in [0.15, 0.2) is 11.3 Å². The van der Waals surface area contributed by atoms with E-state index in [0.29, 0.717) is 21.5 Å². The first kappa shape index (κ1) is 15.9. The third-order valence-corrected chi connectivity index (χ3v) is 3.43. The fraction of sp³-hybridized carbons (Fsp3) is 0.143. The number of benzene rings is 1. The fourth-order valence-electron chi connectivity index (χ4n) is 1.53. The smallest absolute Gasteiger partial charge is 0.265 e. The van der Waals surface area contributed by atoms with Crippen LogP contribution >= 0.6 is 34.8 Å². The zero-order valence-electron chi connectivity index (χ0n) is 10.9. The van der Waals surface area contributed by atoms with Crippen molar-refractivity contribution in [2.24, 2.45) is 0 Å². The van der Waals surface area contributed by atoms with Crippen molar-refractivity contribution in [3.05, 3.63) is 51.7 Å². The summed E-state index contributed by atoms with van der Waals surface area (Å²) in [7, 11) is 0. The van der Waals surface area contributed by atoms with Crippen molar-refractivity contribution in [3.8, 4) is 5.75 Å². The van der Waals surface area contributed by atoms with Crippen molar-refractivity contribution in [1.82, 2.24) is 4.98 Å². The summed E-state index contributed by atoms with van der Waals surface area (Å²) < 4.78 is 5.51. The number of anilines is 1. The molecule has 0 saturated heterocycles. The van der Waals surface area contributed by atoms with Crippen molar-refractivity contribution < 1.29 is 9.53 Å². The maximum Gasteiger partial charge on any atom is 0.265 e. The van der Waals surface area contributed by atoms with Crippen LogP contribution < -0.4 is 10.1 Å². The van der Waals surface area contributed by atoms with Crippen LogP contribution in [0.4, 0.5) is 5.69 Å². The number of ether oxygens (including phenoxy) is 1. The second kappa shape index (κ2) is 6.98. The Labute approximate surface area is 137 Å². The molecule has 0 unspecified atom stereocenters. The molecule has 0 aliphatic carbocycles. The number of halogens is 3. The predicted molar refractivity (Wildman–Crippen MR) is 84.4 cm³/mol. The number of pyridine rings is 1. The molecule has 0 bridgehead atoms. The van der Waals surface area contributed by atoms with Crippen LogP contribution in [0.3, 0.4) is 0 Å². The SMILES string of the molecule is C[C@H](Oc1cc(Cl)ccc1Cl)C(=O)Nc1cccnc1Cl. The Balaban J connectivity index is 2.06. The summed E-state index contributed by atoms with van der Waals surface area (Å²) in [5.74, 6) is -0.0370. The third kappa shape index (κ3) is 4.24. The lowest BCUT2D eigenvalue weighted by atomic mass is 10.3. The summed E-state index contributed by atoms with van der Waals surface area (Å²) in [6, 6.07) is 8.09. The fourth-order valence-corrected chi connectivity index (χ4v) is 2.02. The van der Waals surface area contributed by atoms with Crippen molar-refractivity contribution in [1.29, 1.82) is 0 Å². The number of carbonyl (C=O) groups is 1. The Hall–Kier alpha value is -1.49. The molecule has 0 spiro atoms. The predicted octanol–water partition coefficient (Wildman–Crippen LogP) is 4.45. The van der Waals surface area contributed by atoms with Gasteiger partial charge in [0.25, 0.3) is 5.91 Å². The molecule has 1 aromatic heterocycles. The maximum atomic E-state index is 12.1. The van der Waals surface area contributed by atoms with E-state index in [1.807, 2.05) is 0 Å². The highest BCUT2D eigenvalue weighted by molar-refractivity contribution is 6.34. The highest BCUT2D eigenvalue weighted by Crippen LogP contribution is 2.28. The summed E-state index contributed by atoms with van der Waals surface area (Å²) in [6.07, 6.45) is 0.751. The van der Waals surface area contributed by atoms with Crippen LogP contribution in [0.5, 0.6) is 5.75 Å². The molecule has 0 aliphatic rings. The summed E-state index contributed by atoms with van der Waals surface area (Å²) in [5, 5.41) is 3.68. The summed E-state index contributed by atoms with van der Waals surface area (Å²) in [6.45, 7) is 1.59. The topological polar surface area (TPSA) is 51.2 Å². The van der Waals surface area contributed by atoms with E-state index < -0.39 is 6.10 Å². The molecule has 1 N–H and O–H groups in total. The van der Waals surface area contributed by atoms with E-state index in [9.17, 15) is 4.79 Å². The number of nitrogens with zero attached hydrogens (tertiary/aromatic N) is 1. The van der Waals surface area contributed by atoms with E-state index in [1.165, 1.54) is 6.20 Å². The molecule has 2 aromatic rings. The zero-order valence-corrected chi connectivity index (χ0v) is 13.2. The second-order valence-electron chi connectivity index (χ2n) is 4.17. The molecule has 4 nitrogen and oxygen atoms in total. The van der Waals surface area contributed by atoms with Gasteiger partial charge in [-0.3, -0.25) is 4.79 Å².